The number of hydrogen-bond donors (Lipinski definition) is 1. The smallest absolute Gasteiger partial charge is 0.0501 e. The summed E-state index contributed by atoms with van der Waals surface area (Å²) in [5.74, 6) is 0. The molecule has 0 fully saturated rings. The molecule has 0 spiro atoms. The maximum absolute atomic E-state index is 6.13. The number of pyridine rings is 1. The van der Waals surface area contributed by atoms with Crippen molar-refractivity contribution < 1.29 is 0 Å². The zero-order valence-corrected chi connectivity index (χ0v) is 11.8. The molecule has 3 aromatic rings. The van der Waals surface area contributed by atoms with Crippen molar-refractivity contribution in [2.45, 2.75) is 13.0 Å². The van der Waals surface area contributed by atoms with Crippen molar-refractivity contribution in [3.05, 3.63) is 65.1 Å². The quantitative estimate of drug-likeness (QED) is 0.800. The molecule has 0 atom stereocenters. The van der Waals surface area contributed by atoms with Crippen LogP contribution in [0.3, 0.4) is 0 Å². The second kappa shape index (κ2) is 5.65. The summed E-state index contributed by atoms with van der Waals surface area (Å²) in [5, 5.41) is 1.99. The average Bonchev–Trinajstić information content (AvgIpc) is 2.78. The molecule has 0 aliphatic carbocycles. The van der Waals surface area contributed by atoms with Crippen LogP contribution in [0.4, 0.5) is 0 Å². The van der Waals surface area contributed by atoms with Gasteiger partial charge < -0.3 is 10.3 Å². The summed E-state index contributed by atoms with van der Waals surface area (Å²) in [6.45, 7) is 1.46. The van der Waals surface area contributed by atoms with E-state index < -0.39 is 0 Å². The first-order chi connectivity index (χ1) is 9.78. The van der Waals surface area contributed by atoms with E-state index in [1.807, 2.05) is 36.7 Å². The van der Waals surface area contributed by atoms with Gasteiger partial charge >= 0.3 is 0 Å². The van der Waals surface area contributed by atoms with Gasteiger partial charge in [0.05, 0.1) is 5.52 Å². The Labute approximate surface area is 123 Å². The number of rotatable bonds is 4. The fourth-order valence-electron chi connectivity index (χ4n) is 2.51. The summed E-state index contributed by atoms with van der Waals surface area (Å²) in [5.41, 5.74) is 9.34. The van der Waals surface area contributed by atoms with Crippen LogP contribution >= 0.6 is 11.6 Å². The molecule has 2 aromatic heterocycles. The first kappa shape index (κ1) is 13.2. The van der Waals surface area contributed by atoms with Crippen LogP contribution in [-0.4, -0.2) is 16.1 Å². The number of nitrogens with zero attached hydrogens (tertiary/aromatic N) is 2. The van der Waals surface area contributed by atoms with Gasteiger partial charge in [0, 0.05) is 35.5 Å². The normalized spacial score (nSPS) is 11.1. The molecule has 0 unspecified atom stereocenters. The third-order valence-electron chi connectivity index (χ3n) is 3.44. The first-order valence-corrected chi connectivity index (χ1v) is 7.02. The van der Waals surface area contributed by atoms with Gasteiger partial charge in [0.25, 0.3) is 0 Å². The number of halogens is 1. The molecule has 2 N–H and O–H groups in total. The molecule has 3 rings (SSSR count). The molecular weight excluding hydrogens is 270 g/mol. The Kier molecular flexibility index (Phi) is 3.72. The Bertz CT molecular complexity index is 719. The second-order valence-electron chi connectivity index (χ2n) is 4.84. The standard InChI is InChI=1S/C16H16ClN3/c17-14-1-2-15-13(3-6-18)11-20(16(15)9-14)10-12-4-7-19-8-5-12/h1-2,4-5,7-9,11H,3,6,10,18H2. The summed E-state index contributed by atoms with van der Waals surface area (Å²) >= 11 is 6.13. The molecule has 0 amide bonds. The van der Waals surface area contributed by atoms with Crippen molar-refractivity contribution in [3.8, 4) is 0 Å². The largest absolute Gasteiger partial charge is 0.343 e. The summed E-state index contributed by atoms with van der Waals surface area (Å²) in [6, 6.07) is 10.1. The Hall–Kier alpha value is -1.84. The first-order valence-electron chi connectivity index (χ1n) is 6.64. The van der Waals surface area contributed by atoms with Crippen molar-refractivity contribution in [3.63, 3.8) is 0 Å². The minimum atomic E-state index is 0.650. The van der Waals surface area contributed by atoms with E-state index in [1.54, 1.807) is 0 Å². The van der Waals surface area contributed by atoms with Crippen LogP contribution in [-0.2, 0) is 13.0 Å². The van der Waals surface area contributed by atoms with Crippen LogP contribution in [0.2, 0.25) is 5.02 Å². The van der Waals surface area contributed by atoms with E-state index in [0.29, 0.717) is 6.54 Å². The van der Waals surface area contributed by atoms with Crippen molar-refractivity contribution in [2.75, 3.05) is 6.54 Å². The van der Waals surface area contributed by atoms with Crippen LogP contribution in [0.25, 0.3) is 10.9 Å². The molecule has 0 radical (unpaired) electrons. The Morgan fingerprint density at radius 2 is 1.95 bits per heavy atom. The lowest BCUT2D eigenvalue weighted by Crippen LogP contribution is -2.02. The van der Waals surface area contributed by atoms with E-state index in [4.69, 9.17) is 17.3 Å². The lowest BCUT2D eigenvalue weighted by Gasteiger charge is -2.05. The zero-order chi connectivity index (χ0) is 13.9. The molecule has 0 bridgehead atoms. The van der Waals surface area contributed by atoms with Crippen molar-refractivity contribution in [1.29, 1.82) is 0 Å². The molecule has 4 heteroatoms. The van der Waals surface area contributed by atoms with Crippen LogP contribution in [0.5, 0.6) is 0 Å². The van der Waals surface area contributed by atoms with Gasteiger partial charge in [-0.3, -0.25) is 4.98 Å². The fourth-order valence-corrected chi connectivity index (χ4v) is 2.68. The lowest BCUT2D eigenvalue weighted by molar-refractivity contribution is 0.825. The molecule has 0 aliphatic heterocycles. The van der Waals surface area contributed by atoms with Gasteiger partial charge in [-0.1, -0.05) is 17.7 Å². The molecule has 3 nitrogen and oxygen atoms in total. The Morgan fingerprint density at radius 1 is 1.15 bits per heavy atom. The molecular formula is C16H16ClN3. The van der Waals surface area contributed by atoms with Crippen LogP contribution < -0.4 is 5.73 Å². The van der Waals surface area contributed by atoms with Crippen molar-refractivity contribution >= 4 is 22.5 Å². The molecule has 0 saturated carbocycles. The van der Waals surface area contributed by atoms with Crippen LogP contribution in [0.1, 0.15) is 11.1 Å². The Balaban J connectivity index is 2.07. The van der Waals surface area contributed by atoms with E-state index in [-0.39, 0.29) is 0 Å². The minimum absolute atomic E-state index is 0.650. The summed E-state index contributed by atoms with van der Waals surface area (Å²) < 4.78 is 2.22. The van der Waals surface area contributed by atoms with E-state index in [2.05, 4.69) is 21.8 Å². The molecule has 0 aliphatic rings. The van der Waals surface area contributed by atoms with Gasteiger partial charge in [0.15, 0.2) is 0 Å². The van der Waals surface area contributed by atoms with Gasteiger partial charge in [0.1, 0.15) is 0 Å². The molecule has 2 heterocycles. The van der Waals surface area contributed by atoms with Gasteiger partial charge in [-0.25, -0.2) is 0 Å². The fraction of sp³-hybridized carbons (Fsp3) is 0.188. The predicted molar refractivity (Wildman–Crippen MR) is 83.0 cm³/mol. The van der Waals surface area contributed by atoms with Crippen molar-refractivity contribution in [2.24, 2.45) is 5.73 Å². The summed E-state index contributed by atoms with van der Waals surface area (Å²) in [6.07, 6.45) is 6.68. The van der Waals surface area contributed by atoms with E-state index in [0.717, 1.165) is 23.5 Å². The third kappa shape index (κ3) is 2.55. The highest BCUT2D eigenvalue weighted by Crippen LogP contribution is 2.25. The van der Waals surface area contributed by atoms with E-state index in [9.17, 15) is 0 Å². The molecule has 20 heavy (non-hydrogen) atoms. The zero-order valence-electron chi connectivity index (χ0n) is 11.1. The number of benzene rings is 1. The second-order valence-corrected chi connectivity index (χ2v) is 5.27. The topological polar surface area (TPSA) is 43.8 Å². The highest BCUT2D eigenvalue weighted by atomic mass is 35.5. The van der Waals surface area contributed by atoms with Gasteiger partial charge in [0.2, 0.25) is 0 Å². The van der Waals surface area contributed by atoms with Gasteiger partial charge in [-0.05, 0) is 48.4 Å². The summed E-state index contributed by atoms with van der Waals surface area (Å²) in [7, 11) is 0. The number of aromatic nitrogens is 2. The molecule has 102 valence electrons. The number of fused-ring (bicyclic) bond motifs is 1. The van der Waals surface area contributed by atoms with Crippen LogP contribution in [0.15, 0.2) is 48.9 Å². The highest BCUT2D eigenvalue weighted by molar-refractivity contribution is 6.31. The maximum atomic E-state index is 6.13. The summed E-state index contributed by atoms with van der Waals surface area (Å²) in [4.78, 5) is 4.05. The van der Waals surface area contributed by atoms with Crippen molar-refractivity contribution in [1.82, 2.24) is 9.55 Å². The van der Waals surface area contributed by atoms with E-state index >= 15 is 0 Å². The van der Waals surface area contributed by atoms with Gasteiger partial charge in [-0.15, -0.1) is 0 Å². The predicted octanol–water partition coefficient (Wildman–Crippen LogP) is 3.24. The molecule has 0 saturated heterocycles. The average molecular weight is 286 g/mol. The van der Waals surface area contributed by atoms with Crippen LogP contribution in [0, 0.1) is 0 Å². The monoisotopic (exact) mass is 285 g/mol. The van der Waals surface area contributed by atoms with Gasteiger partial charge in [-0.2, -0.15) is 0 Å². The lowest BCUT2D eigenvalue weighted by atomic mass is 10.1. The Morgan fingerprint density at radius 3 is 2.70 bits per heavy atom. The molecule has 1 aromatic carbocycles. The maximum Gasteiger partial charge on any atom is 0.0501 e. The minimum Gasteiger partial charge on any atom is -0.343 e. The third-order valence-corrected chi connectivity index (χ3v) is 3.68. The number of hydrogen-bond acceptors (Lipinski definition) is 2. The highest BCUT2D eigenvalue weighted by Gasteiger charge is 2.09. The number of nitrogens with two attached hydrogens (primary N) is 1. The SMILES string of the molecule is NCCc1cn(Cc2ccncc2)c2cc(Cl)ccc12. The van der Waals surface area contributed by atoms with E-state index in [1.165, 1.54) is 16.5 Å².